The summed E-state index contributed by atoms with van der Waals surface area (Å²) in [6.07, 6.45) is 0. The van der Waals surface area contributed by atoms with Crippen LogP contribution in [0.3, 0.4) is 0 Å². The lowest BCUT2D eigenvalue weighted by molar-refractivity contribution is 0.640. The van der Waals surface area contributed by atoms with E-state index in [1.165, 1.54) is 0 Å². The third-order valence-corrected chi connectivity index (χ3v) is 4.62. The SMILES string of the molecule is CC(CN)CS(=O)Cc1ccc(Br)cc1Cl. The first-order valence-electron chi connectivity index (χ1n) is 5.02. The van der Waals surface area contributed by atoms with Crippen LogP contribution >= 0.6 is 27.5 Å². The molecule has 0 aromatic heterocycles. The number of benzene rings is 1. The Morgan fingerprint density at radius 1 is 1.56 bits per heavy atom. The molecular weight excluding hydrogens is 310 g/mol. The predicted octanol–water partition coefficient (Wildman–Crippen LogP) is 2.95. The van der Waals surface area contributed by atoms with Crippen molar-refractivity contribution in [2.45, 2.75) is 12.7 Å². The molecule has 2 atom stereocenters. The van der Waals surface area contributed by atoms with E-state index in [1.54, 1.807) is 0 Å². The van der Waals surface area contributed by atoms with Crippen molar-refractivity contribution < 1.29 is 4.21 Å². The quantitative estimate of drug-likeness (QED) is 0.905. The van der Waals surface area contributed by atoms with Crippen LogP contribution in [-0.2, 0) is 16.6 Å². The van der Waals surface area contributed by atoms with Crippen LogP contribution in [0.25, 0.3) is 0 Å². The topological polar surface area (TPSA) is 43.1 Å². The minimum atomic E-state index is -0.898. The van der Waals surface area contributed by atoms with E-state index < -0.39 is 10.8 Å². The van der Waals surface area contributed by atoms with E-state index in [0.29, 0.717) is 23.1 Å². The van der Waals surface area contributed by atoms with Gasteiger partial charge in [-0.05, 0) is 30.2 Å². The van der Waals surface area contributed by atoms with E-state index in [1.807, 2.05) is 25.1 Å². The highest BCUT2D eigenvalue weighted by Gasteiger charge is 2.09. The largest absolute Gasteiger partial charge is 0.330 e. The molecular formula is C11H15BrClNOS. The van der Waals surface area contributed by atoms with Crippen LogP contribution in [0.2, 0.25) is 5.02 Å². The Morgan fingerprint density at radius 2 is 2.25 bits per heavy atom. The van der Waals surface area contributed by atoms with Crippen LogP contribution in [0.15, 0.2) is 22.7 Å². The van der Waals surface area contributed by atoms with Gasteiger partial charge in [-0.25, -0.2) is 0 Å². The minimum Gasteiger partial charge on any atom is -0.330 e. The summed E-state index contributed by atoms with van der Waals surface area (Å²) >= 11 is 9.39. The molecule has 90 valence electrons. The van der Waals surface area contributed by atoms with Gasteiger partial charge in [0.2, 0.25) is 0 Å². The molecule has 1 rings (SSSR count). The highest BCUT2D eigenvalue weighted by Crippen LogP contribution is 2.22. The highest BCUT2D eigenvalue weighted by atomic mass is 79.9. The molecule has 16 heavy (non-hydrogen) atoms. The van der Waals surface area contributed by atoms with Crippen LogP contribution in [0.5, 0.6) is 0 Å². The molecule has 1 aromatic rings. The molecule has 0 aliphatic rings. The van der Waals surface area contributed by atoms with Gasteiger partial charge in [-0.1, -0.05) is 40.5 Å². The first-order chi connectivity index (χ1) is 7.52. The smallest absolute Gasteiger partial charge is 0.0500 e. The van der Waals surface area contributed by atoms with Crippen LogP contribution in [0.4, 0.5) is 0 Å². The molecule has 0 aliphatic heterocycles. The zero-order chi connectivity index (χ0) is 12.1. The molecule has 0 saturated heterocycles. The number of nitrogens with two attached hydrogens (primary N) is 1. The number of hydrogen-bond donors (Lipinski definition) is 1. The summed E-state index contributed by atoms with van der Waals surface area (Å²) < 4.78 is 12.7. The molecule has 5 heteroatoms. The fraction of sp³-hybridized carbons (Fsp3) is 0.455. The van der Waals surface area contributed by atoms with Crippen molar-refractivity contribution in [2.75, 3.05) is 12.3 Å². The van der Waals surface area contributed by atoms with Gasteiger partial charge in [-0.3, -0.25) is 4.21 Å². The van der Waals surface area contributed by atoms with Gasteiger partial charge in [0.1, 0.15) is 0 Å². The zero-order valence-corrected chi connectivity index (χ0v) is 12.2. The highest BCUT2D eigenvalue weighted by molar-refractivity contribution is 9.10. The average molecular weight is 325 g/mol. The summed E-state index contributed by atoms with van der Waals surface area (Å²) in [6.45, 7) is 2.57. The Kier molecular flexibility index (Phi) is 5.97. The monoisotopic (exact) mass is 323 g/mol. The maximum Gasteiger partial charge on any atom is 0.0500 e. The molecule has 2 unspecified atom stereocenters. The van der Waals surface area contributed by atoms with Crippen LogP contribution in [0, 0.1) is 5.92 Å². The van der Waals surface area contributed by atoms with Gasteiger partial charge in [0, 0.05) is 26.0 Å². The predicted molar refractivity (Wildman–Crippen MR) is 74.1 cm³/mol. The summed E-state index contributed by atoms with van der Waals surface area (Å²) in [6, 6.07) is 5.63. The summed E-state index contributed by atoms with van der Waals surface area (Å²) in [7, 11) is -0.898. The van der Waals surface area contributed by atoms with Gasteiger partial charge in [0.05, 0.1) is 5.75 Å². The number of halogens is 2. The lowest BCUT2D eigenvalue weighted by Gasteiger charge is -2.09. The van der Waals surface area contributed by atoms with Gasteiger partial charge in [-0.15, -0.1) is 0 Å². The second-order valence-corrected chi connectivity index (χ2v) is 6.65. The first kappa shape index (κ1) is 14.2. The Labute approximate surface area is 112 Å². The lowest BCUT2D eigenvalue weighted by atomic mass is 10.2. The van der Waals surface area contributed by atoms with Crippen molar-refractivity contribution in [1.82, 2.24) is 0 Å². The van der Waals surface area contributed by atoms with Gasteiger partial charge in [0.15, 0.2) is 0 Å². The van der Waals surface area contributed by atoms with Crippen molar-refractivity contribution in [3.8, 4) is 0 Å². The summed E-state index contributed by atoms with van der Waals surface area (Å²) in [5, 5.41) is 0.656. The molecule has 0 bridgehead atoms. The second-order valence-electron chi connectivity index (χ2n) is 3.83. The second kappa shape index (κ2) is 6.74. The molecule has 0 amide bonds. The third-order valence-electron chi connectivity index (χ3n) is 2.20. The Morgan fingerprint density at radius 3 is 2.81 bits per heavy atom. The van der Waals surface area contributed by atoms with Crippen LogP contribution in [-0.4, -0.2) is 16.5 Å². The van der Waals surface area contributed by atoms with Crippen molar-refractivity contribution in [2.24, 2.45) is 11.7 Å². The maximum absolute atomic E-state index is 11.8. The molecule has 0 fully saturated rings. The standard InChI is InChI=1S/C11H15BrClNOS/c1-8(5-14)6-16(15)7-9-2-3-10(12)4-11(9)13/h2-4,8H,5-7,14H2,1H3. The lowest BCUT2D eigenvalue weighted by Crippen LogP contribution is -2.18. The summed E-state index contributed by atoms with van der Waals surface area (Å²) in [5.41, 5.74) is 6.42. The molecule has 0 saturated carbocycles. The van der Waals surface area contributed by atoms with Gasteiger partial charge >= 0.3 is 0 Å². The molecule has 0 heterocycles. The number of hydrogen-bond acceptors (Lipinski definition) is 2. The first-order valence-corrected chi connectivity index (χ1v) is 7.67. The van der Waals surface area contributed by atoms with E-state index in [0.717, 1.165) is 10.0 Å². The van der Waals surface area contributed by atoms with E-state index in [-0.39, 0.29) is 5.92 Å². The van der Waals surface area contributed by atoms with Crippen LogP contribution in [0.1, 0.15) is 12.5 Å². The molecule has 0 radical (unpaired) electrons. The van der Waals surface area contributed by atoms with Crippen molar-refractivity contribution >= 4 is 38.3 Å². The maximum atomic E-state index is 11.8. The minimum absolute atomic E-state index is 0.287. The van der Waals surface area contributed by atoms with E-state index in [2.05, 4.69) is 15.9 Å². The zero-order valence-electron chi connectivity index (χ0n) is 9.08. The summed E-state index contributed by atoms with van der Waals surface area (Å²) in [4.78, 5) is 0. The molecule has 2 N–H and O–H groups in total. The Hall–Kier alpha value is 0.1000. The fourth-order valence-electron chi connectivity index (χ4n) is 1.26. The van der Waals surface area contributed by atoms with E-state index >= 15 is 0 Å². The Bertz CT molecular complexity index is 386. The van der Waals surface area contributed by atoms with Crippen LogP contribution < -0.4 is 5.73 Å². The fourth-order valence-corrected chi connectivity index (χ4v) is 3.56. The van der Waals surface area contributed by atoms with Crippen molar-refractivity contribution in [1.29, 1.82) is 0 Å². The van der Waals surface area contributed by atoms with Crippen molar-refractivity contribution in [3.05, 3.63) is 33.3 Å². The van der Waals surface area contributed by atoms with Crippen molar-refractivity contribution in [3.63, 3.8) is 0 Å². The molecule has 0 aliphatic carbocycles. The summed E-state index contributed by atoms with van der Waals surface area (Å²) in [5.74, 6) is 1.41. The normalized spacial score (nSPS) is 14.8. The third kappa shape index (κ3) is 4.53. The molecule has 0 spiro atoms. The van der Waals surface area contributed by atoms with Gasteiger partial charge in [-0.2, -0.15) is 0 Å². The molecule has 2 nitrogen and oxygen atoms in total. The Balaban J connectivity index is 2.63. The number of rotatable bonds is 5. The molecule has 1 aromatic carbocycles. The average Bonchev–Trinajstić information content (AvgIpc) is 2.22. The van der Waals surface area contributed by atoms with E-state index in [4.69, 9.17) is 17.3 Å². The van der Waals surface area contributed by atoms with E-state index in [9.17, 15) is 4.21 Å². The van der Waals surface area contributed by atoms with Gasteiger partial charge < -0.3 is 5.73 Å². The van der Waals surface area contributed by atoms with Gasteiger partial charge in [0.25, 0.3) is 0 Å².